The number of carboxylic acids is 1. The SMILES string of the molecule is CCC[C@H]1N(C(=O)c2cnccc2C(F)(F)F)CCC[C@@]1(Oc1csc(C(F)(F)F)c1)C(=O)N1CCC(O)(c2ccccc2OC2CC[C@@H](C(=O)O)C2)CC1. The van der Waals surface area contributed by atoms with Gasteiger partial charge in [-0.25, -0.2) is 0 Å². The van der Waals surface area contributed by atoms with E-state index < -0.39 is 69.3 Å². The highest BCUT2D eigenvalue weighted by molar-refractivity contribution is 7.10. The average molecular weight is 798 g/mol. The number of aromatic nitrogens is 1. The van der Waals surface area contributed by atoms with Crippen LogP contribution in [0.1, 0.15) is 91.1 Å². The number of aliphatic hydroxyl groups is 1. The molecule has 1 unspecified atom stereocenters. The minimum absolute atomic E-state index is 0.0139. The highest BCUT2D eigenvalue weighted by Crippen LogP contribution is 2.45. The van der Waals surface area contributed by atoms with Gasteiger partial charge in [0, 0.05) is 55.5 Å². The van der Waals surface area contributed by atoms with E-state index in [0.29, 0.717) is 54.4 Å². The van der Waals surface area contributed by atoms with Crippen molar-refractivity contribution in [3.63, 3.8) is 0 Å². The first kappa shape index (κ1) is 40.3. The number of hydrogen-bond donors (Lipinski definition) is 2. The Morgan fingerprint density at radius 2 is 1.73 bits per heavy atom. The van der Waals surface area contributed by atoms with Gasteiger partial charge in [-0.15, -0.1) is 11.3 Å². The molecule has 1 saturated carbocycles. The van der Waals surface area contributed by atoms with E-state index in [-0.39, 0.29) is 63.6 Å². The first-order valence-electron chi connectivity index (χ1n) is 18.1. The number of halogens is 6. The minimum atomic E-state index is -4.90. The second kappa shape index (κ2) is 15.6. The van der Waals surface area contributed by atoms with E-state index in [0.717, 1.165) is 28.7 Å². The minimum Gasteiger partial charge on any atom is -0.490 e. The van der Waals surface area contributed by atoms with Crippen molar-refractivity contribution in [2.75, 3.05) is 19.6 Å². The van der Waals surface area contributed by atoms with Crippen LogP contribution in [0.5, 0.6) is 11.5 Å². The van der Waals surface area contributed by atoms with E-state index >= 15 is 0 Å². The lowest BCUT2D eigenvalue weighted by molar-refractivity contribution is -0.163. The van der Waals surface area contributed by atoms with Crippen molar-refractivity contribution in [3.05, 3.63) is 75.7 Å². The Kier molecular flexibility index (Phi) is 11.5. The van der Waals surface area contributed by atoms with Gasteiger partial charge < -0.3 is 29.5 Å². The van der Waals surface area contributed by atoms with Gasteiger partial charge in [0.2, 0.25) is 5.60 Å². The summed E-state index contributed by atoms with van der Waals surface area (Å²) in [5, 5.41) is 22.5. The molecule has 17 heteroatoms. The second-order valence-electron chi connectivity index (χ2n) is 14.4. The molecule has 0 spiro atoms. The Labute approximate surface area is 317 Å². The maximum Gasteiger partial charge on any atom is 0.425 e. The molecule has 55 heavy (non-hydrogen) atoms. The number of rotatable bonds is 10. The maximum atomic E-state index is 14.9. The van der Waals surface area contributed by atoms with Gasteiger partial charge in [-0.2, -0.15) is 26.3 Å². The summed E-state index contributed by atoms with van der Waals surface area (Å²) in [6, 6.07) is 7.11. The molecule has 1 aromatic carbocycles. The summed E-state index contributed by atoms with van der Waals surface area (Å²) in [6.45, 7) is 1.63. The van der Waals surface area contributed by atoms with Crippen LogP contribution in [-0.2, 0) is 27.5 Å². The number of para-hydroxylation sites is 1. The van der Waals surface area contributed by atoms with Crippen LogP contribution < -0.4 is 9.47 Å². The van der Waals surface area contributed by atoms with E-state index in [9.17, 15) is 50.9 Å². The number of pyridine rings is 1. The Hall–Kier alpha value is -4.38. The average Bonchev–Trinajstić information content (AvgIpc) is 3.82. The molecule has 0 radical (unpaired) electrons. The number of amides is 2. The summed E-state index contributed by atoms with van der Waals surface area (Å²) >= 11 is 0.363. The topological polar surface area (TPSA) is 130 Å². The van der Waals surface area contributed by atoms with E-state index in [1.165, 1.54) is 4.90 Å². The molecule has 2 amide bonds. The number of aliphatic carboxylic acids is 1. The molecule has 1 aliphatic carbocycles. The molecule has 6 rings (SSSR count). The lowest BCUT2D eigenvalue weighted by atomic mass is 9.78. The lowest BCUT2D eigenvalue weighted by Gasteiger charge is -2.51. The van der Waals surface area contributed by atoms with E-state index in [1.54, 1.807) is 31.2 Å². The fourth-order valence-electron chi connectivity index (χ4n) is 8.12. The molecule has 3 aliphatic rings. The van der Waals surface area contributed by atoms with Crippen molar-refractivity contribution in [3.8, 4) is 11.5 Å². The van der Waals surface area contributed by atoms with Crippen LogP contribution in [0, 0.1) is 5.92 Å². The van der Waals surface area contributed by atoms with Gasteiger partial charge in [0.1, 0.15) is 16.4 Å². The van der Waals surface area contributed by atoms with Crippen LogP contribution in [0.2, 0.25) is 0 Å². The van der Waals surface area contributed by atoms with Gasteiger partial charge in [0.15, 0.2) is 0 Å². The van der Waals surface area contributed by atoms with Crippen molar-refractivity contribution in [1.29, 1.82) is 0 Å². The number of carboxylic acid groups (broad SMARTS) is 1. The summed E-state index contributed by atoms with van der Waals surface area (Å²) in [7, 11) is 0. The van der Waals surface area contributed by atoms with Crippen LogP contribution >= 0.6 is 11.3 Å². The Balaban J connectivity index is 1.31. The Morgan fingerprint density at radius 3 is 2.36 bits per heavy atom. The number of alkyl halides is 6. The predicted octanol–water partition coefficient (Wildman–Crippen LogP) is 7.55. The molecule has 10 nitrogen and oxygen atoms in total. The monoisotopic (exact) mass is 797 g/mol. The summed E-state index contributed by atoms with van der Waals surface area (Å²) in [4.78, 5) is 45.8. The van der Waals surface area contributed by atoms with Crippen LogP contribution in [0.25, 0.3) is 0 Å². The molecular weight excluding hydrogens is 756 g/mol. The summed E-state index contributed by atoms with van der Waals surface area (Å²) < 4.78 is 95.8. The van der Waals surface area contributed by atoms with Gasteiger partial charge in [0.05, 0.1) is 34.8 Å². The van der Waals surface area contributed by atoms with Gasteiger partial charge in [-0.1, -0.05) is 31.5 Å². The standard InChI is InChI=1S/C38H41F6N3O7S/c1-2-6-30-36(54-25-20-31(55-22-25)38(42,43)44,12-5-16-47(30)32(48)26-21-45-15-11-27(26)37(39,40)41)34(51)46-17-13-35(52,14-18-46)28-7-3-4-8-29(28)53-24-10-9-23(19-24)33(49)50/h3-4,7-8,11,15,20-24,30,52H,2,5-6,9-10,12-14,16-19H2,1H3,(H,49,50)/t23-,24?,30-,36+/m1/s1. The number of ether oxygens (including phenoxy) is 2. The third kappa shape index (κ3) is 8.27. The number of carbonyl (C=O) groups is 3. The number of piperidine rings is 2. The third-order valence-corrected chi connectivity index (χ3v) is 11.8. The normalized spacial score (nSPS) is 24.4. The molecule has 2 aromatic heterocycles. The number of likely N-dealkylation sites (tertiary alicyclic amines) is 2. The molecule has 3 fully saturated rings. The molecule has 0 bridgehead atoms. The van der Waals surface area contributed by atoms with Crippen molar-refractivity contribution in [2.45, 2.75) is 100 Å². The zero-order valence-corrected chi connectivity index (χ0v) is 30.7. The molecule has 2 aliphatic heterocycles. The number of carbonyl (C=O) groups excluding carboxylic acids is 2. The van der Waals surface area contributed by atoms with Crippen molar-refractivity contribution < 1.29 is 60.4 Å². The van der Waals surface area contributed by atoms with Crippen LogP contribution in [-0.4, -0.2) is 80.2 Å². The summed E-state index contributed by atoms with van der Waals surface area (Å²) in [5.74, 6) is -3.01. The highest BCUT2D eigenvalue weighted by atomic mass is 32.1. The molecule has 3 aromatic rings. The quantitative estimate of drug-likeness (QED) is 0.202. The largest absolute Gasteiger partial charge is 0.490 e. The smallest absolute Gasteiger partial charge is 0.425 e. The first-order valence-corrected chi connectivity index (χ1v) is 19.0. The predicted molar refractivity (Wildman–Crippen MR) is 186 cm³/mol. The number of benzene rings is 1. The number of nitrogens with zero attached hydrogens (tertiary/aromatic N) is 3. The van der Waals surface area contributed by atoms with Crippen molar-refractivity contribution in [1.82, 2.24) is 14.8 Å². The molecular formula is C38H41F6N3O7S. The second-order valence-corrected chi connectivity index (χ2v) is 15.3. The summed E-state index contributed by atoms with van der Waals surface area (Å²) in [6.07, 6.45) is -6.47. The van der Waals surface area contributed by atoms with E-state index in [4.69, 9.17) is 9.47 Å². The Morgan fingerprint density at radius 1 is 1.00 bits per heavy atom. The Bertz CT molecular complexity index is 1880. The highest BCUT2D eigenvalue weighted by Gasteiger charge is 2.56. The van der Waals surface area contributed by atoms with E-state index in [1.807, 2.05) is 0 Å². The maximum absolute atomic E-state index is 14.9. The zero-order chi connectivity index (χ0) is 39.8. The number of hydrogen-bond acceptors (Lipinski definition) is 8. The van der Waals surface area contributed by atoms with Crippen LogP contribution in [0.4, 0.5) is 26.3 Å². The fourth-order valence-corrected chi connectivity index (χ4v) is 8.80. The third-order valence-electron chi connectivity index (χ3n) is 10.9. The lowest BCUT2D eigenvalue weighted by Crippen LogP contribution is -2.68. The van der Waals surface area contributed by atoms with Crippen molar-refractivity contribution >= 4 is 29.1 Å². The number of thiophene rings is 1. The van der Waals surface area contributed by atoms with Crippen molar-refractivity contribution in [2.24, 2.45) is 5.92 Å². The van der Waals surface area contributed by atoms with Gasteiger partial charge in [-0.3, -0.25) is 19.4 Å². The molecule has 2 N–H and O–H groups in total. The molecule has 2 saturated heterocycles. The molecule has 4 atom stereocenters. The molecule has 298 valence electrons. The zero-order valence-electron chi connectivity index (χ0n) is 29.9. The summed E-state index contributed by atoms with van der Waals surface area (Å²) in [5.41, 5.74) is -4.96. The fraction of sp³-hybridized carbons (Fsp3) is 0.526. The first-order chi connectivity index (χ1) is 26.0. The van der Waals surface area contributed by atoms with Gasteiger partial charge in [-0.05, 0) is 57.1 Å². The van der Waals surface area contributed by atoms with Crippen LogP contribution in [0.3, 0.4) is 0 Å². The molecule has 4 heterocycles. The van der Waals surface area contributed by atoms with Gasteiger partial charge in [0.25, 0.3) is 11.8 Å². The van der Waals surface area contributed by atoms with Crippen LogP contribution in [0.15, 0.2) is 54.2 Å². The van der Waals surface area contributed by atoms with Gasteiger partial charge >= 0.3 is 18.3 Å². The van der Waals surface area contributed by atoms with E-state index in [2.05, 4.69) is 4.98 Å².